The molecule has 0 radical (unpaired) electrons. The topological polar surface area (TPSA) is 79.5 Å². The molecule has 0 saturated carbocycles. The van der Waals surface area contributed by atoms with E-state index in [1.165, 1.54) is 0 Å². The van der Waals surface area contributed by atoms with Gasteiger partial charge in [0.05, 0.1) is 30.5 Å². The third-order valence-corrected chi connectivity index (χ3v) is 3.37. The summed E-state index contributed by atoms with van der Waals surface area (Å²) in [6.45, 7) is 3.34. The van der Waals surface area contributed by atoms with E-state index in [0.29, 0.717) is 30.5 Å². The van der Waals surface area contributed by atoms with Crippen molar-refractivity contribution >= 4 is 41.5 Å². The van der Waals surface area contributed by atoms with E-state index in [0.717, 1.165) is 5.56 Å². The van der Waals surface area contributed by atoms with Crippen LogP contribution in [0.4, 0.5) is 5.69 Å². The second-order valence-corrected chi connectivity index (χ2v) is 5.24. The number of halogens is 2. The molecule has 1 heterocycles. The van der Waals surface area contributed by atoms with Crippen molar-refractivity contribution < 1.29 is 14.3 Å². The summed E-state index contributed by atoms with van der Waals surface area (Å²) in [6, 6.07) is 4.94. The molecule has 1 aromatic carbocycles. The second-order valence-electron chi connectivity index (χ2n) is 4.83. The van der Waals surface area contributed by atoms with Crippen LogP contribution in [0.5, 0.6) is 0 Å². The van der Waals surface area contributed by atoms with Crippen molar-refractivity contribution in [3.8, 4) is 0 Å². The lowest BCUT2D eigenvalue weighted by molar-refractivity contribution is -0.128. The number of aryl methyl sites for hydroxylation is 1. The van der Waals surface area contributed by atoms with E-state index < -0.39 is 6.04 Å². The van der Waals surface area contributed by atoms with Gasteiger partial charge in [0.1, 0.15) is 6.04 Å². The molecule has 1 unspecified atom stereocenters. The van der Waals surface area contributed by atoms with Crippen LogP contribution in [0.15, 0.2) is 18.2 Å². The lowest BCUT2D eigenvalue weighted by Crippen LogP contribution is -2.52. The fourth-order valence-electron chi connectivity index (χ4n) is 1.94. The summed E-state index contributed by atoms with van der Waals surface area (Å²) < 4.78 is 5.19. The molecule has 1 saturated heterocycles. The maximum atomic E-state index is 11.8. The van der Waals surface area contributed by atoms with E-state index in [2.05, 4.69) is 16.0 Å². The molecule has 0 aromatic heterocycles. The van der Waals surface area contributed by atoms with Crippen LogP contribution in [0.1, 0.15) is 5.56 Å². The average molecular weight is 348 g/mol. The van der Waals surface area contributed by atoms with Gasteiger partial charge in [-0.05, 0) is 24.6 Å². The van der Waals surface area contributed by atoms with Gasteiger partial charge < -0.3 is 20.7 Å². The minimum Gasteiger partial charge on any atom is -0.378 e. The first-order valence-corrected chi connectivity index (χ1v) is 7.09. The minimum atomic E-state index is -0.408. The Kier molecular flexibility index (Phi) is 7.61. The number of benzene rings is 1. The van der Waals surface area contributed by atoms with E-state index in [9.17, 15) is 9.59 Å². The number of anilines is 1. The van der Waals surface area contributed by atoms with Gasteiger partial charge in [-0.2, -0.15) is 0 Å². The van der Waals surface area contributed by atoms with Crippen LogP contribution in [-0.2, 0) is 14.3 Å². The molecule has 8 heteroatoms. The molecule has 1 fully saturated rings. The lowest BCUT2D eigenvalue weighted by atomic mass is 10.2. The molecule has 1 atom stereocenters. The molecular formula is C14H19Cl2N3O3. The van der Waals surface area contributed by atoms with E-state index in [-0.39, 0.29) is 30.8 Å². The normalized spacial score (nSPS) is 17.3. The Bertz CT molecular complexity index is 534. The number of morpholine rings is 1. The minimum absolute atomic E-state index is 0. The van der Waals surface area contributed by atoms with Gasteiger partial charge in [0.25, 0.3) is 0 Å². The Hall–Kier alpha value is -1.34. The number of rotatable bonds is 4. The molecular weight excluding hydrogens is 329 g/mol. The van der Waals surface area contributed by atoms with E-state index in [1.54, 1.807) is 12.1 Å². The van der Waals surface area contributed by atoms with Gasteiger partial charge in [-0.1, -0.05) is 17.7 Å². The molecule has 1 aromatic rings. The number of carbonyl (C=O) groups is 2. The number of hydrogen-bond acceptors (Lipinski definition) is 4. The van der Waals surface area contributed by atoms with Crippen LogP contribution in [0.2, 0.25) is 5.02 Å². The number of ether oxygens (including phenoxy) is 1. The summed E-state index contributed by atoms with van der Waals surface area (Å²) in [6.07, 6.45) is 0. The van der Waals surface area contributed by atoms with Gasteiger partial charge in [0, 0.05) is 6.54 Å². The van der Waals surface area contributed by atoms with Gasteiger partial charge in [0.2, 0.25) is 11.8 Å². The zero-order chi connectivity index (χ0) is 15.2. The van der Waals surface area contributed by atoms with Crippen LogP contribution in [0.25, 0.3) is 0 Å². The summed E-state index contributed by atoms with van der Waals surface area (Å²) in [5.74, 6) is -0.578. The largest absolute Gasteiger partial charge is 0.378 e. The summed E-state index contributed by atoms with van der Waals surface area (Å²) in [5, 5.41) is 8.71. The molecule has 1 aliphatic rings. The molecule has 0 aliphatic carbocycles. The Labute approximate surface area is 140 Å². The Morgan fingerprint density at radius 3 is 2.86 bits per heavy atom. The first-order valence-electron chi connectivity index (χ1n) is 6.71. The quantitative estimate of drug-likeness (QED) is 0.762. The maximum absolute atomic E-state index is 11.8. The van der Waals surface area contributed by atoms with Crippen molar-refractivity contribution in [3.63, 3.8) is 0 Å². The van der Waals surface area contributed by atoms with Crippen molar-refractivity contribution in [1.29, 1.82) is 0 Å². The van der Waals surface area contributed by atoms with E-state index >= 15 is 0 Å². The van der Waals surface area contributed by atoms with Gasteiger partial charge >= 0.3 is 0 Å². The van der Waals surface area contributed by atoms with Crippen LogP contribution >= 0.6 is 24.0 Å². The SMILES string of the molecule is Cc1ccc(NC(=O)CNC(=O)C2COCCN2)c(Cl)c1.Cl. The average Bonchev–Trinajstić information content (AvgIpc) is 2.48. The monoisotopic (exact) mass is 347 g/mol. The van der Waals surface area contributed by atoms with Gasteiger partial charge in [-0.25, -0.2) is 0 Å². The van der Waals surface area contributed by atoms with Crippen molar-refractivity contribution in [3.05, 3.63) is 28.8 Å². The number of carbonyl (C=O) groups excluding carboxylic acids is 2. The summed E-state index contributed by atoms with van der Waals surface area (Å²) in [5.41, 5.74) is 1.54. The van der Waals surface area contributed by atoms with E-state index in [1.807, 2.05) is 13.0 Å². The highest BCUT2D eigenvalue weighted by molar-refractivity contribution is 6.33. The highest BCUT2D eigenvalue weighted by Gasteiger charge is 2.21. The number of nitrogens with one attached hydrogen (secondary N) is 3. The number of hydrogen-bond donors (Lipinski definition) is 3. The predicted octanol–water partition coefficient (Wildman–Crippen LogP) is 1.11. The Morgan fingerprint density at radius 2 is 2.23 bits per heavy atom. The van der Waals surface area contributed by atoms with Gasteiger partial charge in [-0.3, -0.25) is 9.59 Å². The molecule has 1 aliphatic heterocycles. The lowest BCUT2D eigenvalue weighted by Gasteiger charge is -2.22. The molecule has 22 heavy (non-hydrogen) atoms. The van der Waals surface area contributed by atoms with E-state index in [4.69, 9.17) is 16.3 Å². The van der Waals surface area contributed by atoms with Crippen LogP contribution in [0, 0.1) is 6.92 Å². The zero-order valence-corrected chi connectivity index (χ0v) is 13.7. The van der Waals surface area contributed by atoms with Crippen molar-refractivity contribution in [2.75, 3.05) is 31.6 Å². The smallest absolute Gasteiger partial charge is 0.243 e. The first kappa shape index (κ1) is 18.7. The second kappa shape index (κ2) is 8.95. The Balaban J connectivity index is 0.00000242. The molecule has 122 valence electrons. The summed E-state index contributed by atoms with van der Waals surface area (Å²) >= 11 is 6.03. The molecule has 2 amide bonds. The predicted molar refractivity (Wildman–Crippen MR) is 87.7 cm³/mol. The third-order valence-electron chi connectivity index (χ3n) is 3.06. The molecule has 0 bridgehead atoms. The highest BCUT2D eigenvalue weighted by atomic mass is 35.5. The van der Waals surface area contributed by atoms with Crippen LogP contribution < -0.4 is 16.0 Å². The van der Waals surface area contributed by atoms with Gasteiger partial charge in [-0.15, -0.1) is 12.4 Å². The fraction of sp³-hybridized carbons (Fsp3) is 0.429. The number of amides is 2. The van der Waals surface area contributed by atoms with Crippen LogP contribution in [0.3, 0.4) is 0 Å². The van der Waals surface area contributed by atoms with Gasteiger partial charge in [0.15, 0.2) is 0 Å². The summed E-state index contributed by atoms with van der Waals surface area (Å²) in [4.78, 5) is 23.6. The maximum Gasteiger partial charge on any atom is 0.243 e. The third kappa shape index (κ3) is 5.46. The fourth-order valence-corrected chi connectivity index (χ4v) is 2.22. The highest BCUT2D eigenvalue weighted by Crippen LogP contribution is 2.22. The molecule has 0 spiro atoms. The Morgan fingerprint density at radius 1 is 1.45 bits per heavy atom. The van der Waals surface area contributed by atoms with Crippen molar-refractivity contribution in [2.45, 2.75) is 13.0 Å². The van der Waals surface area contributed by atoms with Crippen LogP contribution in [-0.4, -0.2) is 44.2 Å². The van der Waals surface area contributed by atoms with Crippen molar-refractivity contribution in [2.24, 2.45) is 0 Å². The summed E-state index contributed by atoms with van der Waals surface area (Å²) in [7, 11) is 0. The standard InChI is InChI=1S/C14H18ClN3O3.ClH/c1-9-2-3-11(10(15)6-9)18-13(19)7-17-14(20)12-8-21-5-4-16-12;/h2-3,6,12,16H,4-5,7-8H2,1H3,(H,17,20)(H,18,19);1H. The zero-order valence-electron chi connectivity index (χ0n) is 12.1. The first-order chi connectivity index (χ1) is 10.1. The molecule has 6 nitrogen and oxygen atoms in total. The molecule has 2 rings (SSSR count). The van der Waals surface area contributed by atoms with Crippen molar-refractivity contribution in [1.82, 2.24) is 10.6 Å². The molecule has 3 N–H and O–H groups in total.